The predicted octanol–water partition coefficient (Wildman–Crippen LogP) is 2.10. The van der Waals surface area contributed by atoms with Gasteiger partial charge in [-0.3, -0.25) is 9.67 Å². The van der Waals surface area contributed by atoms with Crippen LogP contribution in [0.1, 0.15) is 25.2 Å². The molecule has 7 nitrogen and oxygen atoms in total. The summed E-state index contributed by atoms with van der Waals surface area (Å²) in [4.78, 5) is 10.6. The van der Waals surface area contributed by atoms with E-state index in [0.717, 1.165) is 37.1 Å². The SMILES string of the molecule is CN=C(NCCc1ccc(OCC(C)C)cc1)N(C)Cc1ncnn1C. The maximum absolute atomic E-state index is 5.72. The smallest absolute Gasteiger partial charge is 0.193 e. The fourth-order valence-electron chi connectivity index (χ4n) is 2.47. The minimum absolute atomic E-state index is 0.532. The zero-order chi connectivity index (χ0) is 18.9. The lowest BCUT2D eigenvalue weighted by Crippen LogP contribution is -2.39. The lowest BCUT2D eigenvalue weighted by atomic mass is 10.1. The molecule has 26 heavy (non-hydrogen) atoms. The molecule has 1 N–H and O–H groups in total. The topological polar surface area (TPSA) is 67.6 Å². The molecule has 1 aromatic heterocycles. The van der Waals surface area contributed by atoms with E-state index < -0.39 is 0 Å². The Bertz CT molecular complexity index is 692. The third-order valence-electron chi connectivity index (χ3n) is 3.96. The van der Waals surface area contributed by atoms with Crippen molar-refractivity contribution < 1.29 is 4.74 Å². The first kappa shape index (κ1) is 19.8. The Morgan fingerprint density at radius 2 is 2.04 bits per heavy atom. The Labute approximate surface area is 156 Å². The van der Waals surface area contributed by atoms with Crippen LogP contribution in [0.5, 0.6) is 5.75 Å². The average molecular weight is 358 g/mol. The summed E-state index contributed by atoms with van der Waals surface area (Å²) in [6, 6.07) is 8.30. The first-order chi connectivity index (χ1) is 12.5. The summed E-state index contributed by atoms with van der Waals surface area (Å²) in [6.07, 6.45) is 2.48. The monoisotopic (exact) mass is 358 g/mol. The number of ether oxygens (including phenoxy) is 1. The summed E-state index contributed by atoms with van der Waals surface area (Å²) in [7, 11) is 5.67. The molecule has 142 valence electrons. The van der Waals surface area contributed by atoms with Crippen LogP contribution in [-0.2, 0) is 20.0 Å². The van der Waals surface area contributed by atoms with Gasteiger partial charge in [0.25, 0.3) is 0 Å². The Morgan fingerprint density at radius 1 is 1.31 bits per heavy atom. The van der Waals surface area contributed by atoms with Crippen LogP contribution in [0.2, 0.25) is 0 Å². The molecule has 0 aliphatic rings. The molecule has 1 heterocycles. The number of nitrogens with zero attached hydrogens (tertiary/aromatic N) is 5. The van der Waals surface area contributed by atoms with Gasteiger partial charge in [-0.1, -0.05) is 26.0 Å². The van der Waals surface area contributed by atoms with Gasteiger partial charge in [-0.15, -0.1) is 0 Å². The molecule has 0 aliphatic heterocycles. The largest absolute Gasteiger partial charge is 0.493 e. The lowest BCUT2D eigenvalue weighted by Gasteiger charge is -2.21. The van der Waals surface area contributed by atoms with Crippen LogP contribution in [0.15, 0.2) is 35.6 Å². The van der Waals surface area contributed by atoms with Gasteiger partial charge in [0.15, 0.2) is 5.96 Å². The lowest BCUT2D eigenvalue weighted by molar-refractivity contribution is 0.271. The highest BCUT2D eigenvalue weighted by molar-refractivity contribution is 5.79. The van der Waals surface area contributed by atoms with Crippen molar-refractivity contribution in [2.75, 3.05) is 27.2 Å². The fourth-order valence-corrected chi connectivity index (χ4v) is 2.47. The zero-order valence-electron chi connectivity index (χ0n) is 16.4. The van der Waals surface area contributed by atoms with E-state index in [4.69, 9.17) is 4.74 Å². The number of aryl methyl sites for hydroxylation is 1. The van der Waals surface area contributed by atoms with Crippen molar-refractivity contribution in [1.29, 1.82) is 0 Å². The number of aromatic nitrogens is 3. The summed E-state index contributed by atoms with van der Waals surface area (Å²) in [5, 5.41) is 7.49. The molecule has 1 aromatic carbocycles. The second-order valence-electron chi connectivity index (χ2n) is 6.73. The van der Waals surface area contributed by atoms with E-state index in [1.54, 1.807) is 18.1 Å². The molecule has 7 heteroatoms. The molecule has 2 rings (SSSR count). The van der Waals surface area contributed by atoms with E-state index in [2.05, 4.69) is 46.4 Å². The van der Waals surface area contributed by atoms with Gasteiger partial charge in [0.1, 0.15) is 17.9 Å². The van der Waals surface area contributed by atoms with Crippen molar-refractivity contribution in [1.82, 2.24) is 25.0 Å². The van der Waals surface area contributed by atoms with Crippen molar-refractivity contribution >= 4 is 5.96 Å². The molecular weight excluding hydrogens is 328 g/mol. The summed E-state index contributed by atoms with van der Waals surface area (Å²) >= 11 is 0. The Hall–Kier alpha value is -2.57. The summed E-state index contributed by atoms with van der Waals surface area (Å²) in [6.45, 7) is 6.50. The third-order valence-corrected chi connectivity index (χ3v) is 3.96. The van der Waals surface area contributed by atoms with Gasteiger partial charge in [-0.2, -0.15) is 5.10 Å². The van der Waals surface area contributed by atoms with E-state index in [1.165, 1.54) is 5.56 Å². The standard InChI is InChI=1S/C19H30N6O/c1-15(2)13-26-17-8-6-16(7-9-17)10-11-21-19(20-3)24(4)12-18-22-14-23-25(18)5/h6-9,14-15H,10-13H2,1-5H3,(H,20,21). The number of hydrogen-bond donors (Lipinski definition) is 1. The highest BCUT2D eigenvalue weighted by Gasteiger charge is 2.09. The number of nitrogens with one attached hydrogen (secondary N) is 1. The fraction of sp³-hybridized carbons (Fsp3) is 0.526. The van der Waals surface area contributed by atoms with E-state index >= 15 is 0 Å². The summed E-state index contributed by atoms with van der Waals surface area (Å²) in [5.74, 6) is 3.19. The number of guanidine groups is 1. The van der Waals surface area contributed by atoms with Gasteiger partial charge in [-0.05, 0) is 30.0 Å². The number of benzene rings is 1. The normalized spacial score (nSPS) is 11.7. The Balaban J connectivity index is 1.79. The van der Waals surface area contributed by atoms with Crippen molar-refractivity contribution in [3.8, 4) is 5.75 Å². The summed E-state index contributed by atoms with van der Waals surface area (Å²) < 4.78 is 7.49. The predicted molar refractivity (Wildman–Crippen MR) is 104 cm³/mol. The van der Waals surface area contributed by atoms with Gasteiger partial charge in [-0.25, -0.2) is 4.98 Å². The second-order valence-corrected chi connectivity index (χ2v) is 6.73. The van der Waals surface area contributed by atoms with Crippen molar-refractivity contribution in [3.63, 3.8) is 0 Å². The third kappa shape index (κ3) is 6.06. The molecular formula is C19H30N6O. The first-order valence-electron chi connectivity index (χ1n) is 8.96. The molecule has 0 unspecified atom stereocenters. The van der Waals surface area contributed by atoms with Gasteiger partial charge in [0, 0.05) is 27.7 Å². The molecule has 0 radical (unpaired) electrons. The highest BCUT2D eigenvalue weighted by atomic mass is 16.5. The molecule has 2 aromatic rings. The number of rotatable bonds is 8. The molecule has 0 saturated carbocycles. The van der Waals surface area contributed by atoms with E-state index in [-0.39, 0.29) is 0 Å². The van der Waals surface area contributed by atoms with Crippen LogP contribution in [0.4, 0.5) is 0 Å². The zero-order valence-corrected chi connectivity index (χ0v) is 16.4. The minimum atomic E-state index is 0.532. The van der Waals surface area contributed by atoms with Crippen LogP contribution in [0.25, 0.3) is 0 Å². The van der Waals surface area contributed by atoms with Crippen LogP contribution < -0.4 is 10.1 Å². The molecule has 0 atom stereocenters. The van der Waals surface area contributed by atoms with Crippen LogP contribution in [-0.4, -0.2) is 52.9 Å². The summed E-state index contributed by atoms with van der Waals surface area (Å²) in [5.41, 5.74) is 1.26. The molecule has 0 saturated heterocycles. The first-order valence-corrected chi connectivity index (χ1v) is 8.96. The number of aliphatic imine (C=N–C) groups is 1. The van der Waals surface area contributed by atoms with Crippen LogP contribution in [0.3, 0.4) is 0 Å². The van der Waals surface area contributed by atoms with Gasteiger partial charge >= 0.3 is 0 Å². The second kappa shape index (κ2) is 9.79. The molecule has 0 aliphatic carbocycles. The maximum atomic E-state index is 5.72. The van der Waals surface area contributed by atoms with Crippen molar-refractivity contribution in [3.05, 3.63) is 42.0 Å². The van der Waals surface area contributed by atoms with Gasteiger partial charge in [0.05, 0.1) is 13.2 Å². The van der Waals surface area contributed by atoms with Crippen LogP contribution in [0, 0.1) is 5.92 Å². The Morgan fingerprint density at radius 3 is 2.62 bits per heavy atom. The number of hydrogen-bond acceptors (Lipinski definition) is 4. The van der Waals surface area contributed by atoms with Crippen molar-refractivity contribution in [2.45, 2.75) is 26.8 Å². The highest BCUT2D eigenvalue weighted by Crippen LogP contribution is 2.13. The minimum Gasteiger partial charge on any atom is -0.493 e. The molecule has 0 bridgehead atoms. The molecule has 0 fully saturated rings. The maximum Gasteiger partial charge on any atom is 0.193 e. The van der Waals surface area contributed by atoms with Crippen LogP contribution >= 0.6 is 0 Å². The van der Waals surface area contributed by atoms with Gasteiger partial charge in [0.2, 0.25) is 0 Å². The Kier molecular flexibility index (Phi) is 7.44. The molecule has 0 spiro atoms. The van der Waals surface area contributed by atoms with Crippen molar-refractivity contribution in [2.24, 2.45) is 18.0 Å². The molecule has 0 amide bonds. The van der Waals surface area contributed by atoms with Gasteiger partial charge < -0.3 is 15.0 Å². The average Bonchev–Trinajstić information content (AvgIpc) is 3.02. The quantitative estimate of drug-likeness (QED) is 0.578. The van der Waals surface area contributed by atoms with E-state index in [0.29, 0.717) is 12.5 Å². The van der Waals surface area contributed by atoms with E-state index in [9.17, 15) is 0 Å². The van der Waals surface area contributed by atoms with E-state index in [1.807, 2.05) is 31.1 Å².